The van der Waals surface area contributed by atoms with E-state index in [1.807, 2.05) is 22.9 Å². The molecule has 2 aromatic rings. The van der Waals surface area contributed by atoms with Gasteiger partial charge >= 0.3 is 5.97 Å². The second kappa shape index (κ2) is 8.96. The van der Waals surface area contributed by atoms with Crippen molar-refractivity contribution in [3.05, 3.63) is 53.9 Å². The third-order valence-electron chi connectivity index (χ3n) is 6.32. The van der Waals surface area contributed by atoms with Gasteiger partial charge in [-0.15, -0.1) is 0 Å². The highest BCUT2D eigenvalue weighted by atomic mass is 16.5. The number of fused-ring (bicyclic) bond motifs is 1. The number of ether oxygens (including phenoxy) is 1. The van der Waals surface area contributed by atoms with Gasteiger partial charge in [0.15, 0.2) is 6.04 Å². The molecule has 1 N–H and O–H groups in total. The van der Waals surface area contributed by atoms with Gasteiger partial charge in [0.1, 0.15) is 6.54 Å². The van der Waals surface area contributed by atoms with Gasteiger partial charge < -0.3 is 14.6 Å². The van der Waals surface area contributed by atoms with Crippen LogP contribution in [0.1, 0.15) is 61.6 Å². The van der Waals surface area contributed by atoms with Crippen LogP contribution >= 0.6 is 0 Å². The first-order valence-corrected chi connectivity index (χ1v) is 11.0. The van der Waals surface area contributed by atoms with Gasteiger partial charge in [0.25, 0.3) is 0 Å². The van der Waals surface area contributed by atoms with Crippen LogP contribution in [0.3, 0.4) is 0 Å². The summed E-state index contributed by atoms with van der Waals surface area (Å²) in [7, 11) is 0. The van der Waals surface area contributed by atoms with Crippen LogP contribution < -0.4 is 10.2 Å². The number of nitrogens with zero attached hydrogens (tertiary/aromatic N) is 2. The van der Waals surface area contributed by atoms with Crippen LogP contribution in [0.4, 0.5) is 5.69 Å². The number of aromatic nitrogens is 1. The minimum absolute atomic E-state index is 0.120. The molecule has 1 aromatic heterocycles. The molecule has 1 aromatic carbocycles. The van der Waals surface area contributed by atoms with E-state index in [2.05, 4.69) is 12.2 Å². The monoisotopic (exact) mass is 423 g/mol. The largest absolute Gasteiger partial charge is 0.462 e. The highest BCUT2D eigenvalue weighted by molar-refractivity contribution is 6.02. The molecular weight excluding hydrogens is 394 g/mol. The van der Waals surface area contributed by atoms with Gasteiger partial charge in [-0.25, -0.2) is 4.79 Å². The van der Waals surface area contributed by atoms with Crippen molar-refractivity contribution >= 4 is 23.5 Å². The third-order valence-corrected chi connectivity index (χ3v) is 6.32. The van der Waals surface area contributed by atoms with E-state index in [-0.39, 0.29) is 24.4 Å². The van der Waals surface area contributed by atoms with Crippen molar-refractivity contribution in [2.24, 2.45) is 5.92 Å². The average Bonchev–Trinajstić information content (AvgIpc) is 3.22. The lowest BCUT2D eigenvalue weighted by Gasteiger charge is -2.38. The predicted octanol–water partition coefficient (Wildman–Crippen LogP) is 3.45. The van der Waals surface area contributed by atoms with Gasteiger partial charge in [-0.2, -0.15) is 0 Å². The molecule has 1 saturated carbocycles. The number of hydrogen-bond donors (Lipinski definition) is 1. The lowest BCUT2D eigenvalue weighted by Crippen LogP contribution is -2.52. The predicted molar refractivity (Wildman–Crippen MR) is 117 cm³/mol. The maximum absolute atomic E-state index is 13.5. The maximum atomic E-state index is 13.5. The molecule has 1 fully saturated rings. The minimum Gasteiger partial charge on any atom is -0.462 e. The van der Waals surface area contributed by atoms with Gasteiger partial charge in [-0.3, -0.25) is 14.5 Å². The number of nitrogens with one attached hydrogen (secondary N) is 1. The van der Waals surface area contributed by atoms with Crippen LogP contribution in [0.25, 0.3) is 0 Å². The van der Waals surface area contributed by atoms with E-state index in [9.17, 15) is 14.4 Å². The number of amides is 2. The van der Waals surface area contributed by atoms with Gasteiger partial charge in [-0.1, -0.05) is 19.8 Å². The van der Waals surface area contributed by atoms with Crippen molar-refractivity contribution in [2.75, 3.05) is 11.5 Å². The summed E-state index contributed by atoms with van der Waals surface area (Å²) in [5, 5.41) is 3.22. The lowest BCUT2D eigenvalue weighted by atomic mass is 9.85. The fourth-order valence-corrected chi connectivity index (χ4v) is 4.63. The van der Waals surface area contributed by atoms with Crippen LogP contribution in [-0.4, -0.2) is 35.0 Å². The van der Waals surface area contributed by atoms with Crippen molar-refractivity contribution < 1.29 is 19.1 Å². The quantitative estimate of drug-likeness (QED) is 0.747. The zero-order valence-corrected chi connectivity index (χ0v) is 18.0. The van der Waals surface area contributed by atoms with Crippen molar-refractivity contribution in [3.63, 3.8) is 0 Å². The fraction of sp³-hybridized carbons (Fsp3) is 0.458. The first kappa shape index (κ1) is 21.2. The molecule has 7 heteroatoms. The topological polar surface area (TPSA) is 80.6 Å². The van der Waals surface area contributed by atoms with Gasteiger partial charge in [0.05, 0.1) is 17.9 Å². The molecule has 2 heterocycles. The van der Waals surface area contributed by atoms with Crippen LogP contribution in [0.15, 0.2) is 42.6 Å². The zero-order valence-electron chi connectivity index (χ0n) is 18.0. The van der Waals surface area contributed by atoms with Crippen molar-refractivity contribution in [1.29, 1.82) is 0 Å². The molecule has 164 valence electrons. The molecule has 1 aliphatic heterocycles. The Bertz CT molecular complexity index is 965. The van der Waals surface area contributed by atoms with Crippen LogP contribution in [-0.2, 0) is 20.9 Å². The van der Waals surface area contributed by atoms with E-state index < -0.39 is 12.0 Å². The molecule has 0 unspecified atom stereocenters. The van der Waals surface area contributed by atoms with E-state index in [1.54, 1.807) is 36.1 Å². The summed E-state index contributed by atoms with van der Waals surface area (Å²) < 4.78 is 6.87. The molecule has 0 spiro atoms. The normalized spacial score (nSPS) is 23.2. The fourth-order valence-electron chi connectivity index (χ4n) is 4.63. The van der Waals surface area contributed by atoms with E-state index in [4.69, 9.17) is 4.74 Å². The highest BCUT2D eigenvalue weighted by Gasteiger charge is 2.39. The van der Waals surface area contributed by atoms with Gasteiger partial charge in [-0.05, 0) is 62.1 Å². The Hall–Kier alpha value is -3.09. The highest BCUT2D eigenvalue weighted by Crippen LogP contribution is 2.33. The summed E-state index contributed by atoms with van der Waals surface area (Å²) in [6, 6.07) is 9.78. The number of carbonyl (C=O) groups excluding carboxylic acids is 3. The standard InChI is InChI=1S/C24H29N3O4/c1-3-31-24(30)17-10-12-18(13-11-17)27-21(28)15-26-14-6-9-20(26)22(27)23(29)25-19-8-5-4-7-16(19)2/h6,9-14,16,19,22H,3-5,7-8,15H2,1-2H3,(H,25,29)/t16-,19+,22-/m1/s1. The number of carbonyl (C=O) groups is 3. The first-order chi connectivity index (χ1) is 15.0. The van der Waals surface area contributed by atoms with Gasteiger partial charge in [0.2, 0.25) is 11.8 Å². The van der Waals surface area contributed by atoms with E-state index in [0.717, 1.165) is 25.0 Å². The van der Waals surface area contributed by atoms with Crippen molar-refractivity contribution in [1.82, 2.24) is 9.88 Å². The smallest absolute Gasteiger partial charge is 0.338 e. The molecule has 31 heavy (non-hydrogen) atoms. The Morgan fingerprint density at radius 1 is 1.13 bits per heavy atom. The minimum atomic E-state index is -0.751. The van der Waals surface area contributed by atoms with Crippen molar-refractivity contribution in [2.45, 2.75) is 58.2 Å². The molecule has 2 amide bonds. The summed E-state index contributed by atoms with van der Waals surface area (Å²) in [6.07, 6.45) is 6.19. The molecule has 1 aliphatic carbocycles. The van der Waals surface area contributed by atoms with Crippen LogP contribution in [0.2, 0.25) is 0 Å². The Labute approximate surface area is 182 Å². The first-order valence-electron chi connectivity index (χ1n) is 11.0. The second-order valence-corrected chi connectivity index (χ2v) is 8.37. The number of benzene rings is 1. The molecule has 4 rings (SSSR count). The SMILES string of the molecule is CCOC(=O)c1ccc(N2C(=O)Cn3cccc3[C@@H]2C(=O)N[C@H]2CCCC[C@H]2C)cc1. The summed E-state index contributed by atoms with van der Waals surface area (Å²) in [5.41, 5.74) is 1.79. The number of esters is 1. The summed E-state index contributed by atoms with van der Waals surface area (Å²) in [4.78, 5) is 40.1. The maximum Gasteiger partial charge on any atom is 0.338 e. The van der Waals surface area contributed by atoms with Crippen molar-refractivity contribution in [3.8, 4) is 0 Å². The van der Waals surface area contributed by atoms with E-state index >= 15 is 0 Å². The molecule has 2 aliphatic rings. The molecular formula is C24H29N3O4. The van der Waals surface area contributed by atoms with E-state index in [1.165, 1.54) is 6.42 Å². The second-order valence-electron chi connectivity index (χ2n) is 8.37. The van der Waals surface area contributed by atoms with Crippen LogP contribution in [0, 0.1) is 5.92 Å². The number of hydrogen-bond acceptors (Lipinski definition) is 4. The Kier molecular flexibility index (Phi) is 6.11. The molecule has 3 atom stereocenters. The zero-order chi connectivity index (χ0) is 22.0. The average molecular weight is 424 g/mol. The summed E-state index contributed by atoms with van der Waals surface area (Å²) in [5.74, 6) is -0.319. The van der Waals surface area contributed by atoms with Crippen LogP contribution in [0.5, 0.6) is 0 Å². The summed E-state index contributed by atoms with van der Waals surface area (Å²) in [6.45, 7) is 4.39. The third kappa shape index (κ3) is 4.22. The molecule has 0 bridgehead atoms. The molecule has 0 saturated heterocycles. The summed E-state index contributed by atoms with van der Waals surface area (Å²) >= 11 is 0. The molecule has 7 nitrogen and oxygen atoms in total. The molecule has 0 radical (unpaired) electrons. The Morgan fingerprint density at radius 2 is 1.87 bits per heavy atom. The Balaban J connectivity index is 1.64. The van der Waals surface area contributed by atoms with E-state index in [0.29, 0.717) is 23.8 Å². The Morgan fingerprint density at radius 3 is 2.58 bits per heavy atom. The number of rotatable bonds is 5. The number of anilines is 1. The lowest BCUT2D eigenvalue weighted by molar-refractivity contribution is -0.129. The van der Waals surface area contributed by atoms with Gasteiger partial charge in [0, 0.05) is 17.9 Å².